The molecule has 0 unspecified atom stereocenters. The van der Waals surface area contributed by atoms with E-state index < -0.39 is 0 Å². The summed E-state index contributed by atoms with van der Waals surface area (Å²) in [7, 11) is 0. The summed E-state index contributed by atoms with van der Waals surface area (Å²) in [5.74, 6) is 0.977. The van der Waals surface area contributed by atoms with Gasteiger partial charge in [-0.25, -0.2) is 0 Å². The molecule has 0 N–H and O–H groups in total. The molecule has 0 radical (unpaired) electrons. The van der Waals surface area contributed by atoms with Crippen molar-refractivity contribution in [1.29, 1.82) is 0 Å². The Morgan fingerprint density at radius 3 is 2.24 bits per heavy atom. The van der Waals surface area contributed by atoms with Crippen LogP contribution < -0.4 is 0 Å². The van der Waals surface area contributed by atoms with Crippen LogP contribution in [-0.4, -0.2) is 10.9 Å². The molecule has 0 atom stereocenters. The van der Waals surface area contributed by atoms with Crippen LogP contribution in [0.5, 0.6) is 0 Å². The van der Waals surface area contributed by atoms with E-state index in [1.807, 2.05) is 18.2 Å². The molecule has 0 amide bonds. The van der Waals surface area contributed by atoms with Gasteiger partial charge in [0.25, 0.3) is 0 Å². The Morgan fingerprint density at radius 1 is 1.00 bits per heavy atom. The Morgan fingerprint density at radius 2 is 1.62 bits per heavy atom. The second-order valence-electron chi connectivity index (χ2n) is 5.30. The highest BCUT2D eigenvalue weighted by Crippen LogP contribution is 2.22. The number of hydrogen-bond acceptors (Lipinski definition) is 2. The summed E-state index contributed by atoms with van der Waals surface area (Å²) >= 11 is 13.5. The molecule has 1 nitrogen and oxygen atoms in total. The SMILES string of the molecule is CC(=O)SCCCCCCCCCc1ccc(Cl)cc1Cl. The van der Waals surface area contributed by atoms with Gasteiger partial charge < -0.3 is 0 Å². The van der Waals surface area contributed by atoms with E-state index in [2.05, 4.69) is 0 Å². The number of carbonyl (C=O) groups is 1. The van der Waals surface area contributed by atoms with Crippen molar-refractivity contribution in [2.75, 3.05) is 5.75 Å². The number of thioether (sulfide) groups is 1. The van der Waals surface area contributed by atoms with Crippen molar-refractivity contribution in [3.8, 4) is 0 Å². The van der Waals surface area contributed by atoms with Crippen molar-refractivity contribution >= 4 is 40.1 Å². The minimum absolute atomic E-state index is 0.232. The zero-order valence-corrected chi connectivity index (χ0v) is 15.0. The number of unbranched alkanes of at least 4 members (excludes halogenated alkanes) is 6. The van der Waals surface area contributed by atoms with E-state index in [0.717, 1.165) is 23.6 Å². The van der Waals surface area contributed by atoms with E-state index >= 15 is 0 Å². The van der Waals surface area contributed by atoms with Crippen LogP contribution in [0.3, 0.4) is 0 Å². The van der Waals surface area contributed by atoms with Gasteiger partial charge in [0.15, 0.2) is 5.12 Å². The summed E-state index contributed by atoms with van der Waals surface area (Å²) < 4.78 is 0. The third-order valence-corrected chi connectivity index (χ3v) is 4.90. The van der Waals surface area contributed by atoms with Crippen LogP contribution in [0.4, 0.5) is 0 Å². The zero-order chi connectivity index (χ0) is 15.5. The molecule has 0 aliphatic carbocycles. The van der Waals surface area contributed by atoms with Crippen molar-refractivity contribution in [1.82, 2.24) is 0 Å². The Hall–Kier alpha value is -0.180. The Bertz CT molecular complexity index is 435. The maximum Gasteiger partial charge on any atom is 0.185 e. The molecular weight excluding hydrogens is 323 g/mol. The van der Waals surface area contributed by atoms with Gasteiger partial charge in [0.1, 0.15) is 0 Å². The quantitative estimate of drug-likeness (QED) is 0.447. The number of halogens is 2. The molecule has 0 saturated carbocycles. The largest absolute Gasteiger partial charge is 0.288 e. The molecule has 1 rings (SSSR count). The Balaban J connectivity index is 1.96. The molecule has 118 valence electrons. The van der Waals surface area contributed by atoms with E-state index in [-0.39, 0.29) is 5.12 Å². The molecule has 1 aromatic rings. The monoisotopic (exact) mass is 346 g/mol. The van der Waals surface area contributed by atoms with Crippen LogP contribution in [0.1, 0.15) is 57.4 Å². The Kier molecular flexibility index (Phi) is 10.2. The molecule has 21 heavy (non-hydrogen) atoms. The van der Waals surface area contributed by atoms with Crippen molar-refractivity contribution in [3.63, 3.8) is 0 Å². The molecular formula is C17H24Cl2OS. The number of hydrogen-bond donors (Lipinski definition) is 0. The second kappa shape index (κ2) is 11.4. The number of rotatable bonds is 10. The van der Waals surface area contributed by atoms with E-state index in [0.29, 0.717) is 5.02 Å². The molecule has 0 heterocycles. The molecule has 0 aromatic heterocycles. The summed E-state index contributed by atoms with van der Waals surface area (Å²) in [6, 6.07) is 5.75. The zero-order valence-electron chi connectivity index (χ0n) is 12.7. The maximum absolute atomic E-state index is 10.8. The van der Waals surface area contributed by atoms with Gasteiger partial charge in [-0.15, -0.1) is 0 Å². The molecule has 0 bridgehead atoms. The predicted molar refractivity (Wildman–Crippen MR) is 95.6 cm³/mol. The fourth-order valence-electron chi connectivity index (χ4n) is 2.24. The summed E-state index contributed by atoms with van der Waals surface area (Å²) in [6.45, 7) is 1.64. The third kappa shape index (κ3) is 9.44. The summed E-state index contributed by atoms with van der Waals surface area (Å²) in [5.41, 5.74) is 1.20. The number of aryl methyl sites for hydroxylation is 1. The standard InChI is InChI=1S/C17H24Cl2OS/c1-14(20)21-12-8-6-4-2-3-5-7-9-15-10-11-16(18)13-17(15)19/h10-11,13H,2-9,12H2,1H3. The highest BCUT2D eigenvalue weighted by molar-refractivity contribution is 8.13. The smallest absolute Gasteiger partial charge is 0.185 e. The minimum Gasteiger partial charge on any atom is -0.288 e. The lowest BCUT2D eigenvalue weighted by Gasteiger charge is -2.05. The van der Waals surface area contributed by atoms with Gasteiger partial charge in [-0.1, -0.05) is 73.1 Å². The molecule has 4 heteroatoms. The lowest BCUT2D eigenvalue weighted by Crippen LogP contribution is -1.89. The molecule has 0 spiro atoms. The van der Waals surface area contributed by atoms with Gasteiger partial charge in [-0.2, -0.15) is 0 Å². The van der Waals surface area contributed by atoms with Gasteiger partial charge in [0, 0.05) is 22.7 Å². The van der Waals surface area contributed by atoms with E-state index in [1.54, 1.807) is 6.92 Å². The van der Waals surface area contributed by atoms with E-state index in [1.165, 1.54) is 55.9 Å². The fraction of sp³-hybridized carbons (Fsp3) is 0.588. The average molecular weight is 347 g/mol. The van der Waals surface area contributed by atoms with Crippen molar-refractivity contribution in [2.24, 2.45) is 0 Å². The molecule has 1 aromatic carbocycles. The van der Waals surface area contributed by atoms with Gasteiger partial charge in [0.05, 0.1) is 0 Å². The van der Waals surface area contributed by atoms with Crippen LogP contribution >= 0.6 is 35.0 Å². The van der Waals surface area contributed by atoms with E-state index in [4.69, 9.17) is 23.2 Å². The van der Waals surface area contributed by atoms with Crippen molar-refractivity contribution in [2.45, 2.75) is 58.3 Å². The van der Waals surface area contributed by atoms with Gasteiger partial charge in [-0.3, -0.25) is 4.79 Å². The highest BCUT2D eigenvalue weighted by Gasteiger charge is 2.01. The van der Waals surface area contributed by atoms with Gasteiger partial charge >= 0.3 is 0 Å². The van der Waals surface area contributed by atoms with Crippen LogP contribution in [0.25, 0.3) is 0 Å². The second-order valence-corrected chi connectivity index (χ2v) is 7.42. The van der Waals surface area contributed by atoms with Crippen molar-refractivity contribution < 1.29 is 4.79 Å². The lowest BCUT2D eigenvalue weighted by molar-refractivity contribution is -0.109. The fourth-order valence-corrected chi connectivity index (χ4v) is 3.38. The highest BCUT2D eigenvalue weighted by atomic mass is 35.5. The van der Waals surface area contributed by atoms with Crippen LogP contribution in [-0.2, 0) is 11.2 Å². The minimum atomic E-state index is 0.232. The van der Waals surface area contributed by atoms with E-state index in [9.17, 15) is 4.79 Å². The van der Waals surface area contributed by atoms with Crippen molar-refractivity contribution in [3.05, 3.63) is 33.8 Å². The van der Waals surface area contributed by atoms with Crippen LogP contribution in [0, 0.1) is 0 Å². The van der Waals surface area contributed by atoms with Gasteiger partial charge in [-0.05, 0) is 37.0 Å². The first-order valence-corrected chi connectivity index (χ1v) is 9.41. The number of carbonyl (C=O) groups excluding carboxylic acids is 1. The topological polar surface area (TPSA) is 17.1 Å². The summed E-state index contributed by atoms with van der Waals surface area (Å²) in [4.78, 5) is 10.8. The Labute approximate surface area is 142 Å². The number of benzene rings is 1. The average Bonchev–Trinajstić information content (AvgIpc) is 2.42. The molecule has 0 aliphatic heterocycles. The molecule has 0 aliphatic rings. The third-order valence-electron chi connectivity index (χ3n) is 3.41. The maximum atomic E-state index is 10.8. The lowest BCUT2D eigenvalue weighted by atomic mass is 10.0. The summed E-state index contributed by atoms with van der Waals surface area (Å²) in [6.07, 6.45) is 9.71. The first kappa shape index (κ1) is 18.9. The van der Waals surface area contributed by atoms with Crippen LogP contribution in [0.15, 0.2) is 18.2 Å². The van der Waals surface area contributed by atoms with Crippen LogP contribution in [0.2, 0.25) is 10.0 Å². The molecule has 0 saturated heterocycles. The predicted octanol–water partition coefficient (Wildman–Crippen LogP) is 6.55. The first-order chi connectivity index (χ1) is 10.1. The van der Waals surface area contributed by atoms with Gasteiger partial charge in [0.2, 0.25) is 0 Å². The normalized spacial score (nSPS) is 10.8. The first-order valence-electron chi connectivity index (χ1n) is 7.67. The summed E-state index contributed by atoms with van der Waals surface area (Å²) in [5, 5.41) is 1.72. The molecule has 0 fully saturated rings.